The molecule has 2 aromatic heterocycles. The van der Waals surface area contributed by atoms with Crippen LogP contribution in [0.4, 0.5) is 9.52 Å². The van der Waals surface area contributed by atoms with Crippen molar-refractivity contribution >= 4 is 66.0 Å². The summed E-state index contributed by atoms with van der Waals surface area (Å²) in [4.78, 5) is 19.4. The number of hydrogen-bond donors (Lipinski definition) is 2. The summed E-state index contributed by atoms with van der Waals surface area (Å²) in [5.41, 5.74) is 2.46. The summed E-state index contributed by atoms with van der Waals surface area (Å²) < 4.78 is 49.7. The Morgan fingerprint density at radius 2 is 1.78 bits per heavy atom. The van der Waals surface area contributed by atoms with E-state index in [4.69, 9.17) is 27.7 Å². The van der Waals surface area contributed by atoms with Crippen LogP contribution < -0.4 is 14.9 Å². The van der Waals surface area contributed by atoms with Gasteiger partial charge in [-0.15, -0.1) is 0 Å². The zero-order valence-corrected chi connectivity index (χ0v) is 27.3. The molecular formula is C30H31Cl2FN6O4S2. The van der Waals surface area contributed by atoms with Crippen molar-refractivity contribution in [3.05, 3.63) is 63.1 Å². The topological polar surface area (TPSA) is 121 Å². The van der Waals surface area contributed by atoms with Crippen LogP contribution in [0.25, 0.3) is 21.5 Å². The van der Waals surface area contributed by atoms with Gasteiger partial charge in [-0.05, 0) is 62.8 Å². The molecule has 1 saturated carbocycles. The second-order valence-electron chi connectivity index (χ2n) is 11.7. The number of amides is 1. The molecule has 4 aromatic rings. The maximum Gasteiger partial charge on any atom is 0.304 e. The molecule has 2 aromatic carbocycles. The van der Waals surface area contributed by atoms with Crippen LogP contribution in [0.3, 0.4) is 0 Å². The van der Waals surface area contributed by atoms with Crippen LogP contribution in [0.5, 0.6) is 0 Å². The quantitative estimate of drug-likeness (QED) is 0.216. The van der Waals surface area contributed by atoms with E-state index in [0.717, 1.165) is 55.9 Å². The molecule has 15 heteroatoms. The lowest BCUT2D eigenvalue weighted by atomic mass is 10.0. The third-order valence-electron chi connectivity index (χ3n) is 8.63. The fourth-order valence-corrected chi connectivity index (χ4v) is 8.88. The van der Waals surface area contributed by atoms with Gasteiger partial charge in [-0.25, -0.2) is 14.1 Å². The highest BCUT2D eigenvalue weighted by molar-refractivity contribution is 7.87. The highest BCUT2D eigenvalue weighted by atomic mass is 35.5. The molecule has 0 bridgehead atoms. The van der Waals surface area contributed by atoms with Gasteiger partial charge in [0.05, 0.1) is 14.7 Å². The smallest absolute Gasteiger partial charge is 0.304 e. The molecule has 2 N–H and O–H groups in total. The molecule has 0 unspecified atom stereocenters. The molecule has 7 rings (SSSR count). The third kappa shape index (κ3) is 6.30. The monoisotopic (exact) mass is 692 g/mol. The first-order valence-electron chi connectivity index (χ1n) is 15.0. The number of thiazole rings is 1. The van der Waals surface area contributed by atoms with E-state index < -0.39 is 21.9 Å². The van der Waals surface area contributed by atoms with Crippen molar-refractivity contribution in [2.75, 3.05) is 31.1 Å². The molecule has 2 saturated heterocycles. The van der Waals surface area contributed by atoms with E-state index in [1.807, 2.05) is 0 Å². The zero-order valence-electron chi connectivity index (χ0n) is 24.2. The number of aromatic nitrogens is 2. The van der Waals surface area contributed by atoms with Crippen molar-refractivity contribution in [2.24, 2.45) is 0 Å². The molecule has 0 radical (unpaired) electrons. The Morgan fingerprint density at radius 3 is 2.47 bits per heavy atom. The molecule has 1 amide bonds. The number of nitrogens with zero attached hydrogens (tertiary/aromatic N) is 4. The number of carbonyl (C=O) groups is 1. The molecular weight excluding hydrogens is 662 g/mol. The maximum absolute atomic E-state index is 15.1. The van der Waals surface area contributed by atoms with Gasteiger partial charge in [-0.3, -0.25) is 4.79 Å². The number of benzene rings is 2. The van der Waals surface area contributed by atoms with Crippen molar-refractivity contribution < 1.29 is 22.1 Å². The highest BCUT2D eigenvalue weighted by Gasteiger charge is 2.34. The lowest BCUT2D eigenvalue weighted by Crippen LogP contribution is -2.42. The molecule has 10 nitrogen and oxygen atoms in total. The van der Waals surface area contributed by atoms with Gasteiger partial charge in [-0.2, -0.15) is 12.7 Å². The van der Waals surface area contributed by atoms with Gasteiger partial charge in [0, 0.05) is 61.4 Å². The average Bonchev–Trinajstić information content (AvgIpc) is 3.37. The Kier molecular flexibility index (Phi) is 8.51. The summed E-state index contributed by atoms with van der Waals surface area (Å²) >= 11 is 14.3. The predicted molar refractivity (Wildman–Crippen MR) is 173 cm³/mol. The van der Waals surface area contributed by atoms with E-state index in [9.17, 15) is 13.2 Å². The van der Waals surface area contributed by atoms with Crippen LogP contribution in [0.1, 0.15) is 66.1 Å². The highest BCUT2D eigenvalue weighted by Crippen LogP contribution is 2.46. The van der Waals surface area contributed by atoms with E-state index in [2.05, 4.69) is 25.1 Å². The van der Waals surface area contributed by atoms with E-state index in [-0.39, 0.29) is 17.1 Å². The number of carbonyl (C=O) groups excluding carboxylic acids is 1. The molecule has 4 heterocycles. The van der Waals surface area contributed by atoms with Crippen molar-refractivity contribution in [3.63, 3.8) is 0 Å². The SMILES string of the molecule is O=C(NS(=O)(=O)N1CCCC1)c1cc(F)c2nc(N3CCC(NCc4c(-c5c(Cl)cccc5Cl)noc4C4CC4)CC3)sc2c1. The fourth-order valence-electron chi connectivity index (χ4n) is 6.01. The number of nitrogens with one attached hydrogen (secondary N) is 2. The molecule has 0 atom stereocenters. The minimum Gasteiger partial charge on any atom is -0.360 e. The van der Waals surface area contributed by atoms with Crippen LogP contribution >= 0.6 is 34.5 Å². The average molecular weight is 694 g/mol. The van der Waals surface area contributed by atoms with Gasteiger partial charge < -0.3 is 14.7 Å². The van der Waals surface area contributed by atoms with E-state index in [0.29, 0.717) is 69.8 Å². The molecule has 238 valence electrons. The number of halogens is 3. The Bertz CT molecular complexity index is 1840. The van der Waals surface area contributed by atoms with Gasteiger partial charge in [0.25, 0.3) is 5.91 Å². The lowest BCUT2D eigenvalue weighted by Gasteiger charge is -2.32. The van der Waals surface area contributed by atoms with Crippen molar-refractivity contribution in [3.8, 4) is 11.3 Å². The molecule has 2 aliphatic heterocycles. The Labute approximate surface area is 274 Å². The minimum atomic E-state index is -3.97. The van der Waals surface area contributed by atoms with Crippen LogP contribution in [0.2, 0.25) is 10.0 Å². The van der Waals surface area contributed by atoms with E-state index in [1.165, 1.54) is 21.7 Å². The first kappa shape index (κ1) is 30.8. The molecule has 3 fully saturated rings. The van der Waals surface area contributed by atoms with E-state index >= 15 is 4.39 Å². The summed E-state index contributed by atoms with van der Waals surface area (Å²) in [6, 6.07) is 8.18. The molecule has 0 spiro atoms. The van der Waals surface area contributed by atoms with Gasteiger partial charge in [0.1, 0.15) is 17.0 Å². The van der Waals surface area contributed by atoms with E-state index in [1.54, 1.807) is 18.2 Å². The Balaban J connectivity index is 1.01. The second-order valence-corrected chi connectivity index (χ2v) is 15.2. The van der Waals surface area contributed by atoms with Crippen LogP contribution in [0.15, 0.2) is 34.9 Å². The number of hydrogen-bond acceptors (Lipinski definition) is 9. The fraction of sp³-hybridized carbons (Fsp3) is 0.433. The summed E-state index contributed by atoms with van der Waals surface area (Å²) in [5.74, 6) is -0.261. The maximum atomic E-state index is 15.1. The number of fused-ring (bicyclic) bond motifs is 1. The summed E-state index contributed by atoms with van der Waals surface area (Å²) in [7, 11) is -3.97. The molecule has 1 aliphatic carbocycles. The van der Waals surface area contributed by atoms with Gasteiger partial charge in [0.2, 0.25) is 0 Å². The van der Waals surface area contributed by atoms with Crippen LogP contribution in [0, 0.1) is 5.82 Å². The van der Waals surface area contributed by atoms with Crippen LogP contribution in [-0.2, 0) is 16.8 Å². The summed E-state index contributed by atoms with van der Waals surface area (Å²) in [6.07, 6.45) is 5.32. The molecule has 45 heavy (non-hydrogen) atoms. The summed E-state index contributed by atoms with van der Waals surface area (Å²) in [6.45, 7) is 2.72. The van der Waals surface area contributed by atoms with Gasteiger partial charge in [0.15, 0.2) is 10.9 Å². The zero-order chi connectivity index (χ0) is 31.3. The largest absolute Gasteiger partial charge is 0.360 e. The van der Waals surface area contributed by atoms with Gasteiger partial charge >= 0.3 is 10.2 Å². The third-order valence-corrected chi connectivity index (χ3v) is 11.8. The summed E-state index contributed by atoms with van der Waals surface area (Å²) in [5, 5.41) is 9.77. The lowest BCUT2D eigenvalue weighted by molar-refractivity contribution is 0.0979. The number of piperidine rings is 1. The molecule has 3 aliphatic rings. The predicted octanol–water partition coefficient (Wildman–Crippen LogP) is 6.10. The first-order valence-corrected chi connectivity index (χ1v) is 18.0. The number of rotatable bonds is 9. The van der Waals surface area contributed by atoms with Gasteiger partial charge in [-0.1, -0.05) is 45.8 Å². The van der Waals surface area contributed by atoms with Crippen molar-refractivity contribution in [1.29, 1.82) is 0 Å². The Hall–Kier alpha value is -2.81. The Morgan fingerprint density at radius 1 is 1.07 bits per heavy atom. The minimum absolute atomic E-state index is 0.0577. The van der Waals surface area contributed by atoms with Crippen LogP contribution in [-0.4, -0.2) is 61.0 Å². The van der Waals surface area contributed by atoms with Crippen molar-refractivity contribution in [2.45, 2.75) is 57.0 Å². The number of anilines is 1. The second kappa shape index (κ2) is 12.4. The first-order chi connectivity index (χ1) is 21.7. The van der Waals surface area contributed by atoms with Crippen molar-refractivity contribution in [1.82, 2.24) is 24.5 Å². The standard InChI is InChI=1S/C30H31Cl2FN6O4S2/c31-21-4-3-5-22(32)25(21)26-20(28(43-36-26)17-6-7-17)16-34-19-8-12-38(13-9-19)30-35-27-23(33)14-18(15-24(27)44-30)29(40)37-45(41,42)39-10-1-2-11-39/h3-5,14-15,17,19,34H,1-2,6-13,16H2,(H,37,40). The normalized spacial score (nSPS) is 18.2.